The molecule has 4 heteroatoms. The molecule has 0 aromatic rings. The zero-order valence-corrected chi connectivity index (χ0v) is 30.7. The Morgan fingerprint density at radius 2 is 0.667 bits per heavy atom. The Hall–Kier alpha value is -1.06. The van der Waals surface area contributed by atoms with Gasteiger partial charge < -0.3 is 9.84 Å². The summed E-state index contributed by atoms with van der Waals surface area (Å²) in [5, 5.41) is 8.82. The highest BCUT2D eigenvalue weighted by molar-refractivity contribution is 5.69. The van der Waals surface area contributed by atoms with Crippen LogP contribution in [0.25, 0.3) is 0 Å². The van der Waals surface area contributed by atoms with E-state index in [2.05, 4.69) is 13.8 Å². The van der Waals surface area contributed by atoms with Crippen LogP contribution in [0.1, 0.15) is 245 Å². The van der Waals surface area contributed by atoms with E-state index in [-0.39, 0.29) is 18.5 Å². The van der Waals surface area contributed by atoms with Gasteiger partial charge in [0.05, 0.1) is 0 Å². The number of esters is 1. The van der Waals surface area contributed by atoms with Gasteiger partial charge in [0.2, 0.25) is 0 Å². The summed E-state index contributed by atoms with van der Waals surface area (Å²) in [6.45, 7) is 4.56. The molecule has 0 aliphatic heterocycles. The molecule has 0 heterocycles. The van der Waals surface area contributed by atoms with Crippen LogP contribution in [0.15, 0.2) is 0 Å². The van der Waals surface area contributed by atoms with Crippen LogP contribution in [-0.2, 0) is 14.3 Å². The van der Waals surface area contributed by atoms with Crippen molar-refractivity contribution in [3.63, 3.8) is 0 Å². The van der Waals surface area contributed by atoms with Gasteiger partial charge in [0, 0.05) is 12.8 Å². The van der Waals surface area contributed by atoms with E-state index < -0.39 is 5.97 Å². The highest BCUT2D eigenvalue weighted by Gasteiger charge is 2.14. The molecule has 0 aliphatic rings. The largest absolute Gasteiger partial charge is 0.481 e. The number of carbonyl (C=O) groups excluding carboxylic acids is 1. The van der Waals surface area contributed by atoms with Gasteiger partial charge in [-0.2, -0.15) is 0 Å². The van der Waals surface area contributed by atoms with Gasteiger partial charge in [-0.05, 0) is 38.5 Å². The van der Waals surface area contributed by atoms with Crippen molar-refractivity contribution >= 4 is 11.9 Å². The molecule has 0 spiro atoms. The quantitative estimate of drug-likeness (QED) is 0.0541. The standard InChI is InChI=1S/C41H80O4/c1-3-5-7-9-11-13-15-17-18-19-21-23-25-30-34-38-41(44)45-39(36-32-28-26-29-33-37-40(42)43)35-31-27-24-22-20-16-14-12-10-8-6-4-2/h39H,3-38H2,1-2H3,(H,42,43). The number of carboxylic acid groups (broad SMARTS) is 1. The number of unbranched alkanes of at least 4 members (excludes halogenated alkanes) is 29. The maximum absolute atomic E-state index is 12.7. The van der Waals surface area contributed by atoms with Crippen molar-refractivity contribution in [2.24, 2.45) is 0 Å². The first-order chi connectivity index (χ1) is 22.1. The first-order valence-electron chi connectivity index (χ1n) is 20.5. The number of hydrogen-bond acceptors (Lipinski definition) is 3. The van der Waals surface area contributed by atoms with Crippen molar-refractivity contribution in [1.82, 2.24) is 0 Å². The third kappa shape index (κ3) is 37.3. The van der Waals surface area contributed by atoms with Crippen LogP contribution >= 0.6 is 0 Å². The lowest BCUT2D eigenvalue weighted by Gasteiger charge is -2.18. The second-order valence-corrected chi connectivity index (χ2v) is 14.2. The average Bonchev–Trinajstić information content (AvgIpc) is 3.02. The molecule has 0 aromatic carbocycles. The average molecular weight is 637 g/mol. The van der Waals surface area contributed by atoms with Gasteiger partial charge in [-0.25, -0.2) is 0 Å². The molecule has 0 amide bonds. The van der Waals surface area contributed by atoms with Crippen LogP contribution in [0.2, 0.25) is 0 Å². The van der Waals surface area contributed by atoms with E-state index in [1.165, 1.54) is 154 Å². The molecule has 45 heavy (non-hydrogen) atoms. The predicted octanol–water partition coefficient (Wildman–Crippen LogP) is 14.1. The van der Waals surface area contributed by atoms with Crippen molar-refractivity contribution in [2.75, 3.05) is 0 Å². The molecular weight excluding hydrogens is 556 g/mol. The SMILES string of the molecule is CCCCCCCCCCCCCCCCCC(=O)OC(CCCCCCCCCCCCCC)CCCCCCCC(=O)O. The van der Waals surface area contributed by atoms with Gasteiger partial charge in [0.15, 0.2) is 0 Å². The van der Waals surface area contributed by atoms with Crippen molar-refractivity contribution in [1.29, 1.82) is 0 Å². The van der Waals surface area contributed by atoms with E-state index in [9.17, 15) is 9.59 Å². The third-order valence-corrected chi connectivity index (χ3v) is 9.58. The van der Waals surface area contributed by atoms with Crippen LogP contribution in [0.3, 0.4) is 0 Å². The van der Waals surface area contributed by atoms with Crippen LogP contribution in [0.5, 0.6) is 0 Å². The molecule has 0 fully saturated rings. The van der Waals surface area contributed by atoms with Crippen LogP contribution in [0.4, 0.5) is 0 Å². The first-order valence-corrected chi connectivity index (χ1v) is 20.5. The fourth-order valence-corrected chi connectivity index (χ4v) is 6.54. The normalized spacial score (nSPS) is 12.0. The summed E-state index contributed by atoms with van der Waals surface area (Å²) < 4.78 is 6.01. The maximum Gasteiger partial charge on any atom is 0.306 e. The van der Waals surface area contributed by atoms with E-state index in [1.807, 2.05) is 0 Å². The number of carboxylic acids is 1. The molecule has 0 aliphatic carbocycles. The minimum atomic E-state index is -0.696. The maximum atomic E-state index is 12.7. The van der Waals surface area contributed by atoms with Crippen LogP contribution in [-0.4, -0.2) is 23.1 Å². The fourth-order valence-electron chi connectivity index (χ4n) is 6.54. The summed E-state index contributed by atoms with van der Waals surface area (Å²) in [6, 6.07) is 0. The molecule has 0 aromatic heterocycles. The van der Waals surface area contributed by atoms with Gasteiger partial charge in [-0.3, -0.25) is 9.59 Å². The molecule has 1 N–H and O–H groups in total. The Labute approximate surface area is 282 Å². The summed E-state index contributed by atoms with van der Waals surface area (Å²) in [7, 11) is 0. The smallest absolute Gasteiger partial charge is 0.306 e. The zero-order valence-electron chi connectivity index (χ0n) is 30.7. The Balaban J connectivity index is 3.96. The zero-order chi connectivity index (χ0) is 32.9. The van der Waals surface area contributed by atoms with E-state index in [0.29, 0.717) is 6.42 Å². The minimum absolute atomic E-state index is 0.00934. The fraction of sp³-hybridized carbons (Fsp3) is 0.951. The number of aliphatic carboxylic acids is 1. The number of ether oxygens (including phenoxy) is 1. The van der Waals surface area contributed by atoms with Gasteiger partial charge >= 0.3 is 11.9 Å². The number of hydrogen-bond donors (Lipinski definition) is 1. The molecule has 0 rings (SSSR count). The van der Waals surface area contributed by atoms with Crippen molar-refractivity contribution in [2.45, 2.75) is 251 Å². The Morgan fingerprint density at radius 3 is 0.978 bits per heavy atom. The molecule has 0 radical (unpaired) electrons. The predicted molar refractivity (Wildman–Crippen MR) is 195 cm³/mol. The molecular formula is C41H80O4. The van der Waals surface area contributed by atoms with Crippen LogP contribution in [0, 0.1) is 0 Å². The lowest BCUT2D eigenvalue weighted by molar-refractivity contribution is -0.150. The Kier molecular flexibility index (Phi) is 36.5. The number of rotatable bonds is 38. The summed E-state index contributed by atoms with van der Waals surface area (Å²) >= 11 is 0. The highest BCUT2D eigenvalue weighted by Crippen LogP contribution is 2.19. The second kappa shape index (κ2) is 37.4. The molecule has 0 bridgehead atoms. The highest BCUT2D eigenvalue weighted by atomic mass is 16.5. The third-order valence-electron chi connectivity index (χ3n) is 9.58. The van der Waals surface area contributed by atoms with E-state index >= 15 is 0 Å². The van der Waals surface area contributed by atoms with E-state index in [4.69, 9.17) is 9.84 Å². The van der Waals surface area contributed by atoms with Crippen LogP contribution < -0.4 is 0 Å². The van der Waals surface area contributed by atoms with Gasteiger partial charge in [-0.15, -0.1) is 0 Å². The van der Waals surface area contributed by atoms with E-state index in [0.717, 1.165) is 64.2 Å². The Bertz CT molecular complexity index is 604. The molecule has 0 saturated carbocycles. The summed E-state index contributed by atoms with van der Waals surface area (Å²) in [5.74, 6) is -0.687. The lowest BCUT2D eigenvalue weighted by atomic mass is 10.0. The molecule has 268 valence electrons. The molecule has 0 saturated heterocycles. The minimum Gasteiger partial charge on any atom is -0.481 e. The summed E-state index contributed by atoms with van der Waals surface area (Å²) in [5.41, 5.74) is 0. The van der Waals surface area contributed by atoms with E-state index in [1.54, 1.807) is 0 Å². The molecule has 1 unspecified atom stereocenters. The topological polar surface area (TPSA) is 63.6 Å². The summed E-state index contributed by atoms with van der Waals surface area (Å²) in [6.07, 6.45) is 44.1. The van der Waals surface area contributed by atoms with Crippen molar-refractivity contribution < 1.29 is 19.4 Å². The van der Waals surface area contributed by atoms with Gasteiger partial charge in [-0.1, -0.05) is 194 Å². The second-order valence-electron chi connectivity index (χ2n) is 14.2. The van der Waals surface area contributed by atoms with Crippen molar-refractivity contribution in [3.05, 3.63) is 0 Å². The lowest BCUT2D eigenvalue weighted by Crippen LogP contribution is -2.18. The molecule has 4 nitrogen and oxygen atoms in total. The number of carbonyl (C=O) groups is 2. The van der Waals surface area contributed by atoms with Gasteiger partial charge in [0.1, 0.15) is 6.10 Å². The Morgan fingerprint density at radius 1 is 0.400 bits per heavy atom. The molecule has 1 atom stereocenters. The monoisotopic (exact) mass is 637 g/mol. The van der Waals surface area contributed by atoms with Crippen molar-refractivity contribution in [3.8, 4) is 0 Å². The first kappa shape index (κ1) is 43.9. The summed E-state index contributed by atoms with van der Waals surface area (Å²) in [4.78, 5) is 23.4. The van der Waals surface area contributed by atoms with Gasteiger partial charge in [0.25, 0.3) is 0 Å².